The second-order valence-electron chi connectivity index (χ2n) is 3.90. The topological polar surface area (TPSA) is 38.3 Å². The fourth-order valence-electron chi connectivity index (χ4n) is 1.63. The minimum absolute atomic E-state index is 0.0963. The number of nitrogens with one attached hydrogen (secondary N) is 1. The summed E-state index contributed by atoms with van der Waals surface area (Å²) in [6.07, 6.45) is 1.83. The lowest BCUT2D eigenvalue weighted by atomic mass is 10.1. The molecule has 1 aromatic carbocycles. The summed E-state index contributed by atoms with van der Waals surface area (Å²) in [5.41, 5.74) is 0.555. The van der Waals surface area contributed by atoms with E-state index in [4.69, 9.17) is 4.74 Å². The van der Waals surface area contributed by atoms with Crippen molar-refractivity contribution in [3.63, 3.8) is 0 Å². The third-order valence-electron chi connectivity index (χ3n) is 2.69. The summed E-state index contributed by atoms with van der Waals surface area (Å²) in [6, 6.07) is 5.59. The zero-order valence-corrected chi connectivity index (χ0v) is 13.7. The molecule has 0 spiro atoms. The maximum Gasteiger partial charge on any atom is 0.255 e. The summed E-state index contributed by atoms with van der Waals surface area (Å²) in [4.78, 5) is 12.2. The SMILES string of the molecule is CCC(CCBr)NC(=O)c1cc(Br)ccc1OC. The van der Waals surface area contributed by atoms with E-state index in [1.165, 1.54) is 0 Å². The molecule has 1 unspecified atom stereocenters. The molecular formula is C13H17Br2NO2. The van der Waals surface area contributed by atoms with Crippen LogP contribution < -0.4 is 10.1 Å². The molecular weight excluding hydrogens is 362 g/mol. The first-order valence-corrected chi connectivity index (χ1v) is 7.74. The van der Waals surface area contributed by atoms with Gasteiger partial charge in [-0.05, 0) is 31.0 Å². The zero-order valence-electron chi connectivity index (χ0n) is 10.5. The molecule has 0 aromatic heterocycles. The second-order valence-corrected chi connectivity index (χ2v) is 5.61. The Kier molecular flexibility index (Phi) is 6.71. The Labute approximate surface area is 125 Å². The number of halogens is 2. The van der Waals surface area contributed by atoms with Gasteiger partial charge in [0.1, 0.15) is 5.75 Å². The van der Waals surface area contributed by atoms with Gasteiger partial charge in [-0.2, -0.15) is 0 Å². The van der Waals surface area contributed by atoms with Crippen LogP contribution >= 0.6 is 31.9 Å². The van der Waals surface area contributed by atoms with Crippen molar-refractivity contribution in [2.45, 2.75) is 25.8 Å². The number of ether oxygens (including phenoxy) is 1. The predicted molar refractivity (Wildman–Crippen MR) is 80.7 cm³/mol. The smallest absolute Gasteiger partial charge is 0.255 e. The van der Waals surface area contributed by atoms with Gasteiger partial charge in [-0.15, -0.1) is 0 Å². The molecule has 0 aliphatic carbocycles. The Morgan fingerprint density at radius 3 is 2.78 bits per heavy atom. The molecule has 0 aliphatic rings. The van der Waals surface area contributed by atoms with Crippen molar-refractivity contribution in [1.29, 1.82) is 0 Å². The van der Waals surface area contributed by atoms with Crippen LogP contribution in [0.1, 0.15) is 30.1 Å². The molecule has 0 bridgehead atoms. The molecule has 18 heavy (non-hydrogen) atoms. The number of amides is 1. The number of carbonyl (C=O) groups is 1. The lowest BCUT2D eigenvalue weighted by Gasteiger charge is -2.17. The fourth-order valence-corrected chi connectivity index (χ4v) is 2.54. The molecule has 1 N–H and O–H groups in total. The van der Waals surface area contributed by atoms with Gasteiger partial charge in [-0.25, -0.2) is 0 Å². The maximum absolute atomic E-state index is 12.2. The molecule has 0 saturated carbocycles. The van der Waals surface area contributed by atoms with Gasteiger partial charge in [0, 0.05) is 15.8 Å². The molecule has 0 fully saturated rings. The van der Waals surface area contributed by atoms with Crippen LogP contribution in [0, 0.1) is 0 Å². The average molecular weight is 379 g/mol. The van der Waals surface area contributed by atoms with Crippen molar-refractivity contribution >= 4 is 37.8 Å². The van der Waals surface area contributed by atoms with Crippen LogP contribution in [0.4, 0.5) is 0 Å². The molecule has 1 atom stereocenters. The Hall–Kier alpha value is -0.550. The molecule has 0 radical (unpaired) electrons. The molecule has 5 heteroatoms. The lowest BCUT2D eigenvalue weighted by molar-refractivity contribution is 0.0932. The van der Waals surface area contributed by atoms with Gasteiger partial charge >= 0.3 is 0 Å². The minimum atomic E-state index is -0.0963. The molecule has 100 valence electrons. The van der Waals surface area contributed by atoms with E-state index in [2.05, 4.69) is 44.1 Å². The normalized spacial score (nSPS) is 12.0. The van der Waals surface area contributed by atoms with Crippen LogP contribution in [-0.4, -0.2) is 24.4 Å². The molecule has 0 saturated heterocycles. The molecule has 1 amide bonds. The highest BCUT2D eigenvalue weighted by molar-refractivity contribution is 9.10. The van der Waals surface area contributed by atoms with Gasteiger partial charge in [0.05, 0.1) is 12.7 Å². The fraction of sp³-hybridized carbons (Fsp3) is 0.462. The summed E-state index contributed by atoms with van der Waals surface area (Å²) in [5, 5.41) is 3.89. The summed E-state index contributed by atoms with van der Waals surface area (Å²) >= 11 is 6.76. The third kappa shape index (κ3) is 4.28. The number of hydrogen-bond donors (Lipinski definition) is 1. The molecule has 3 nitrogen and oxygen atoms in total. The summed E-state index contributed by atoms with van der Waals surface area (Å²) < 4.78 is 6.07. The van der Waals surface area contributed by atoms with E-state index >= 15 is 0 Å². The number of methoxy groups -OCH3 is 1. The van der Waals surface area contributed by atoms with Gasteiger partial charge in [0.25, 0.3) is 5.91 Å². The number of carbonyl (C=O) groups excluding carboxylic acids is 1. The van der Waals surface area contributed by atoms with Crippen molar-refractivity contribution in [3.8, 4) is 5.75 Å². The van der Waals surface area contributed by atoms with Gasteiger partial charge in [0.15, 0.2) is 0 Å². The molecule has 0 heterocycles. The average Bonchev–Trinajstić information content (AvgIpc) is 2.38. The van der Waals surface area contributed by atoms with Crippen molar-refractivity contribution < 1.29 is 9.53 Å². The summed E-state index contributed by atoms with van der Waals surface area (Å²) in [5.74, 6) is 0.491. The third-order valence-corrected chi connectivity index (χ3v) is 3.64. The van der Waals surface area contributed by atoms with E-state index in [-0.39, 0.29) is 11.9 Å². The highest BCUT2D eigenvalue weighted by Crippen LogP contribution is 2.23. The quantitative estimate of drug-likeness (QED) is 0.765. The van der Waals surface area contributed by atoms with Crippen molar-refractivity contribution in [2.24, 2.45) is 0 Å². The Morgan fingerprint density at radius 1 is 1.50 bits per heavy atom. The van der Waals surface area contributed by atoms with Crippen molar-refractivity contribution in [3.05, 3.63) is 28.2 Å². The van der Waals surface area contributed by atoms with E-state index < -0.39 is 0 Å². The van der Waals surface area contributed by atoms with E-state index in [1.54, 1.807) is 19.2 Å². The highest BCUT2D eigenvalue weighted by Gasteiger charge is 2.16. The van der Waals surface area contributed by atoms with Crippen LogP contribution in [0.2, 0.25) is 0 Å². The number of benzene rings is 1. The predicted octanol–water partition coefficient (Wildman–Crippen LogP) is 3.75. The molecule has 0 aliphatic heterocycles. The first-order chi connectivity index (χ1) is 8.62. The largest absolute Gasteiger partial charge is 0.496 e. The van der Waals surface area contributed by atoms with E-state index in [0.717, 1.165) is 22.6 Å². The van der Waals surface area contributed by atoms with Gasteiger partial charge in [-0.3, -0.25) is 4.79 Å². The molecule has 1 aromatic rings. The van der Waals surface area contributed by atoms with Crippen LogP contribution in [0.5, 0.6) is 5.75 Å². The Morgan fingerprint density at radius 2 is 2.22 bits per heavy atom. The van der Waals surface area contributed by atoms with E-state index in [0.29, 0.717) is 11.3 Å². The maximum atomic E-state index is 12.2. The van der Waals surface area contributed by atoms with Crippen LogP contribution in [0.3, 0.4) is 0 Å². The monoisotopic (exact) mass is 377 g/mol. The van der Waals surface area contributed by atoms with Crippen LogP contribution in [0.15, 0.2) is 22.7 Å². The second kappa shape index (κ2) is 7.79. The highest BCUT2D eigenvalue weighted by atomic mass is 79.9. The van der Waals surface area contributed by atoms with Gasteiger partial charge in [-0.1, -0.05) is 38.8 Å². The first kappa shape index (κ1) is 15.5. The van der Waals surface area contributed by atoms with Crippen molar-refractivity contribution in [2.75, 3.05) is 12.4 Å². The standard InChI is InChI=1S/C13H17Br2NO2/c1-3-10(6-7-14)16-13(17)11-8-9(15)4-5-12(11)18-2/h4-5,8,10H,3,6-7H2,1-2H3,(H,16,17). The number of hydrogen-bond acceptors (Lipinski definition) is 2. The minimum Gasteiger partial charge on any atom is -0.496 e. The Bertz CT molecular complexity index is 410. The number of rotatable bonds is 6. The van der Waals surface area contributed by atoms with Gasteiger partial charge < -0.3 is 10.1 Å². The van der Waals surface area contributed by atoms with Crippen LogP contribution in [-0.2, 0) is 0 Å². The summed E-state index contributed by atoms with van der Waals surface area (Å²) in [7, 11) is 1.57. The lowest BCUT2D eigenvalue weighted by Crippen LogP contribution is -2.34. The van der Waals surface area contributed by atoms with Crippen LogP contribution in [0.25, 0.3) is 0 Å². The van der Waals surface area contributed by atoms with E-state index in [9.17, 15) is 4.79 Å². The van der Waals surface area contributed by atoms with E-state index in [1.807, 2.05) is 6.07 Å². The molecule has 1 rings (SSSR count). The number of alkyl halides is 1. The zero-order chi connectivity index (χ0) is 13.5. The summed E-state index contributed by atoms with van der Waals surface area (Å²) in [6.45, 7) is 2.06. The Balaban J connectivity index is 2.85. The first-order valence-electron chi connectivity index (χ1n) is 5.82. The van der Waals surface area contributed by atoms with Gasteiger partial charge in [0.2, 0.25) is 0 Å². The van der Waals surface area contributed by atoms with Crippen molar-refractivity contribution in [1.82, 2.24) is 5.32 Å².